The number of hydrogen-bond acceptors (Lipinski definition) is 3. The lowest BCUT2D eigenvalue weighted by Crippen LogP contribution is -2.37. The van der Waals surface area contributed by atoms with Crippen LogP contribution in [-0.2, 0) is 29.2 Å². The van der Waals surface area contributed by atoms with Gasteiger partial charge in [0, 0.05) is 31.1 Å². The Morgan fingerprint density at radius 2 is 2.12 bits per heavy atom. The van der Waals surface area contributed by atoms with Crippen LogP contribution in [0.5, 0.6) is 0 Å². The third kappa shape index (κ3) is 3.67. The maximum atomic E-state index is 12.6. The van der Waals surface area contributed by atoms with E-state index in [4.69, 9.17) is 4.74 Å². The lowest BCUT2D eigenvalue weighted by Gasteiger charge is -2.24. The summed E-state index contributed by atoms with van der Waals surface area (Å²) in [4.78, 5) is 18.9. The van der Waals surface area contributed by atoms with Crippen molar-refractivity contribution in [1.29, 1.82) is 0 Å². The first-order valence-corrected chi connectivity index (χ1v) is 8.71. The zero-order valence-corrected chi connectivity index (χ0v) is 13.8. The topological polar surface area (TPSA) is 47.4 Å². The number of rotatable bonds is 5. The van der Waals surface area contributed by atoms with Crippen LogP contribution in [0.2, 0.25) is 0 Å². The van der Waals surface area contributed by atoms with Gasteiger partial charge in [-0.15, -0.1) is 0 Å². The number of hydrogen-bond donors (Lipinski definition) is 0. The SMILES string of the molecule is O=C(CC1CC1)N1Cc2cccn2C[C@@H](OCc2ccccn2)C1. The molecule has 0 aromatic carbocycles. The van der Waals surface area contributed by atoms with Gasteiger partial charge in [0.15, 0.2) is 0 Å². The fraction of sp³-hybridized carbons (Fsp3) is 0.474. The van der Waals surface area contributed by atoms with Gasteiger partial charge in [-0.05, 0) is 43.0 Å². The van der Waals surface area contributed by atoms with Crippen LogP contribution in [-0.4, -0.2) is 33.0 Å². The fourth-order valence-corrected chi connectivity index (χ4v) is 3.23. The van der Waals surface area contributed by atoms with Gasteiger partial charge in [-0.1, -0.05) is 6.07 Å². The van der Waals surface area contributed by atoms with Crippen molar-refractivity contribution in [3.05, 3.63) is 54.1 Å². The Morgan fingerprint density at radius 1 is 1.21 bits per heavy atom. The van der Waals surface area contributed by atoms with E-state index in [1.807, 2.05) is 29.2 Å². The van der Waals surface area contributed by atoms with Crippen LogP contribution in [0.4, 0.5) is 0 Å². The van der Waals surface area contributed by atoms with Crippen LogP contribution in [0.25, 0.3) is 0 Å². The van der Waals surface area contributed by atoms with E-state index in [2.05, 4.69) is 21.8 Å². The lowest BCUT2D eigenvalue weighted by molar-refractivity contribution is -0.134. The average molecular weight is 325 g/mol. The van der Waals surface area contributed by atoms with Gasteiger partial charge in [0.1, 0.15) is 0 Å². The summed E-state index contributed by atoms with van der Waals surface area (Å²) in [5.41, 5.74) is 2.11. The molecule has 0 spiro atoms. The average Bonchev–Trinajstić information content (AvgIpc) is 3.35. The van der Waals surface area contributed by atoms with Gasteiger partial charge in [-0.2, -0.15) is 0 Å². The van der Waals surface area contributed by atoms with Gasteiger partial charge in [-0.25, -0.2) is 0 Å². The predicted octanol–water partition coefficient (Wildman–Crippen LogP) is 2.61. The second-order valence-electron chi connectivity index (χ2n) is 6.83. The van der Waals surface area contributed by atoms with Crippen LogP contribution in [0.3, 0.4) is 0 Å². The zero-order chi connectivity index (χ0) is 16.4. The highest BCUT2D eigenvalue weighted by Crippen LogP contribution is 2.33. The molecule has 0 unspecified atom stereocenters. The highest BCUT2D eigenvalue weighted by Gasteiger charge is 2.30. The molecule has 5 heteroatoms. The van der Waals surface area contributed by atoms with Crippen molar-refractivity contribution < 1.29 is 9.53 Å². The summed E-state index contributed by atoms with van der Waals surface area (Å²) in [7, 11) is 0. The molecule has 126 valence electrons. The number of ether oxygens (including phenoxy) is 1. The van der Waals surface area contributed by atoms with E-state index in [-0.39, 0.29) is 12.0 Å². The smallest absolute Gasteiger partial charge is 0.223 e. The fourth-order valence-electron chi connectivity index (χ4n) is 3.23. The van der Waals surface area contributed by atoms with Crippen molar-refractivity contribution in [2.24, 2.45) is 5.92 Å². The first-order chi connectivity index (χ1) is 11.8. The van der Waals surface area contributed by atoms with Gasteiger partial charge in [0.05, 0.1) is 31.5 Å². The molecule has 2 aliphatic rings. The van der Waals surface area contributed by atoms with E-state index in [9.17, 15) is 4.79 Å². The van der Waals surface area contributed by atoms with E-state index in [1.165, 1.54) is 18.5 Å². The first-order valence-electron chi connectivity index (χ1n) is 8.71. The number of carbonyl (C=O) groups excluding carboxylic acids is 1. The third-order valence-electron chi connectivity index (χ3n) is 4.81. The van der Waals surface area contributed by atoms with Gasteiger partial charge < -0.3 is 14.2 Å². The van der Waals surface area contributed by atoms with Gasteiger partial charge in [0.2, 0.25) is 5.91 Å². The highest BCUT2D eigenvalue weighted by atomic mass is 16.5. The third-order valence-corrected chi connectivity index (χ3v) is 4.81. The number of nitrogens with zero attached hydrogens (tertiary/aromatic N) is 3. The minimum Gasteiger partial charge on any atom is -0.368 e. The Balaban J connectivity index is 1.45. The Hall–Kier alpha value is -2.14. The second kappa shape index (κ2) is 6.77. The summed E-state index contributed by atoms with van der Waals surface area (Å²) in [6.07, 6.45) is 6.94. The Morgan fingerprint density at radius 3 is 2.92 bits per heavy atom. The van der Waals surface area contributed by atoms with Crippen LogP contribution in [0, 0.1) is 5.92 Å². The molecule has 4 rings (SSSR count). The molecular formula is C19H23N3O2. The quantitative estimate of drug-likeness (QED) is 0.849. The molecule has 1 amide bonds. The van der Waals surface area contributed by atoms with Crippen LogP contribution in [0.15, 0.2) is 42.7 Å². The molecule has 3 heterocycles. The van der Waals surface area contributed by atoms with Crippen molar-refractivity contribution in [1.82, 2.24) is 14.5 Å². The van der Waals surface area contributed by atoms with Gasteiger partial charge in [0.25, 0.3) is 0 Å². The van der Waals surface area contributed by atoms with Crippen molar-refractivity contribution in [3.8, 4) is 0 Å². The Bertz CT molecular complexity index is 694. The Labute approximate surface area is 142 Å². The van der Waals surface area contributed by atoms with Crippen molar-refractivity contribution in [3.63, 3.8) is 0 Å². The molecule has 2 aromatic rings. The van der Waals surface area contributed by atoms with Crippen LogP contribution < -0.4 is 0 Å². The molecule has 24 heavy (non-hydrogen) atoms. The number of aromatic nitrogens is 2. The summed E-state index contributed by atoms with van der Waals surface area (Å²) in [5, 5.41) is 0. The molecule has 0 N–H and O–H groups in total. The molecule has 1 saturated carbocycles. The summed E-state index contributed by atoms with van der Waals surface area (Å²) in [6.45, 7) is 2.59. The van der Waals surface area contributed by atoms with E-state index in [0.29, 0.717) is 32.0 Å². The van der Waals surface area contributed by atoms with Gasteiger partial charge in [-0.3, -0.25) is 9.78 Å². The summed E-state index contributed by atoms with van der Waals surface area (Å²) >= 11 is 0. The molecule has 1 aliphatic heterocycles. The maximum Gasteiger partial charge on any atom is 0.223 e. The number of amides is 1. The Kier molecular flexibility index (Phi) is 4.34. The van der Waals surface area contributed by atoms with Gasteiger partial charge >= 0.3 is 0 Å². The lowest BCUT2D eigenvalue weighted by atomic mass is 10.2. The van der Waals surface area contributed by atoms with E-state index >= 15 is 0 Å². The maximum absolute atomic E-state index is 12.6. The molecule has 0 bridgehead atoms. The molecular weight excluding hydrogens is 302 g/mol. The van der Waals surface area contributed by atoms with Crippen molar-refractivity contribution in [2.75, 3.05) is 6.54 Å². The summed E-state index contributed by atoms with van der Waals surface area (Å²) < 4.78 is 8.30. The normalized spacial score (nSPS) is 20.5. The highest BCUT2D eigenvalue weighted by molar-refractivity contribution is 5.76. The molecule has 0 radical (unpaired) electrons. The minimum atomic E-state index is -0.0104. The second-order valence-corrected chi connectivity index (χ2v) is 6.83. The molecule has 5 nitrogen and oxygen atoms in total. The van der Waals surface area contributed by atoms with E-state index < -0.39 is 0 Å². The first kappa shape index (κ1) is 15.4. The van der Waals surface area contributed by atoms with E-state index in [0.717, 1.165) is 12.2 Å². The molecule has 2 aromatic heterocycles. The number of pyridine rings is 1. The number of carbonyl (C=O) groups is 1. The standard InChI is InChI=1S/C19H23N3O2/c23-19(10-15-6-7-15)22-11-17-5-3-9-21(17)12-18(13-22)24-14-16-4-1-2-8-20-16/h1-5,8-9,15,18H,6-7,10-14H2/t18-/m1/s1. The minimum absolute atomic E-state index is 0.0104. The van der Waals surface area contributed by atoms with E-state index in [1.54, 1.807) is 6.20 Å². The summed E-state index contributed by atoms with van der Waals surface area (Å²) in [5.74, 6) is 0.874. The van der Waals surface area contributed by atoms with Crippen molar-refractivity contribution >= 4 is 5.91 Å². The predicted molar refractivity (Wildman–Crippen MR) is 90.0 cm³/mol. The molecule has 1 fully saturated rings. The van der Waals surface area contributed by atoms with Crippen LogP contribution >= 0.6 is 0 Å². The largest absolute Gasteiger partial charge is 0.368 e. The summed E-state index contributed by atoms with van der Waals surface area (Å²) in [6, 6.07) is 9.97. The van der Waals surface area contributed by atoms with Crippen LogP contribution in [0.1, 0.15) is 30.7 Å². The zero-order valence-electron chi connectivity index (χ0n) is 13.8. The molecule has 1 atom stereocenters. The number of fused-ring (bicyclic) bond motifs is 1. The molecule has 1 aliphatic carbocycles. The molecule has 0 saturated heterocycles. The van der Waals surface area contributed by atoms with Crippen molar-refractivity contribution in [2.45, 2.75) is 45.1 Å². The monoisotopic (exact) mass is 325 g/mol.